The third kappa shape index (κ3) is 4.28. The Morgan fingerprint density at radius 2 is 1.77 bits per heavy atom. The van der Waals surface area contributed by atoms with Crippen LogP contribution >= 0.6 is 11.8 Å². The van der Waals surface area contributed by atoms with Crippen molar-refractivity contribution in [1.29, 1.82) is 0 Å². The number of carbonyl (C=O) groups is 2. The average molecular weight is 369 g/mol. The molecule has 136 valence electrons. The number of carbonyl (C=O) groups excluding carboxylic acids is 2. The third-order valence-corrected chi connectivity index (χ3v) is 5.85. The lowest BCUT2D eigenvalue weighted by Crippen LogP contribution is -2.29. The first-order valence-electron chi connectivity index (χ1n) is 8.93. The van der Waals surface area contributed by atoms with Gasteiger partial charge in [-0.3, -0.25) is 9.59 Å². The number of aryl methyl sites for hydroxylation is 1. The number of anilines is 1. The smallest absolute Gasteiger partial charge is 0.256 e. The van der Waals surface area contributed by atoms with Gasteiger partial charge in [0.25, 0.3) is 5.91 Å². The molecule has 0 spiro atoms. The van der Waals surface area contributed by atoms with E-state index < -0.39 is 0 Å². The molecule has 3 rings (SSSR count). The van der Waals surface area contributed by atoms with E-state index in [2.05, 4.69) is 5.32 Å². The van der Waals surface area contributed by atoms with Crippen molar-refractivity contribution >= 4 is 29.3 Å². The van der Waals surface area contributed by atoms with Crippen LogP contribution in [0.5, 0.6) is 0 Å². The number of amides is 2. The highest BCUT2D eigenvalue weighted by Crippen LogP contribution is 2.25. The predicted molar refractivity (Wildman–Crippen MR) is 107 cm³/mol. The zero-order valence-corrected chi connectivity index (χ0v) is 16.1. The largest absolute Gasteiger partial charge is 0.342 e. The van der Waals surface area contributed by atoms with Gasteiger partial charge in [0, 0.05) is 23.7 Å². The molecule has 0 atom stereocenters. The molecule has 0 bridgehead atoms. The van der Waals surface area contributed by atoms with Gasteiger partial charge in [-0.25, -0.2) is 0 Å². The van der Waals surface area contributed by atoms with Crippen LogP contribution in [0.4, 0.5) is 5.69 Å². The highest BCUT2D eigenvalue weighted by Gasteiger charge is 2.19. The molecule has 2 aromatic carbocycles. The predicted octanol–water partition coefficient (Wildman–Crippen LogP) is 4.27. The van der Waals surface area contributed by atoms with Crippen molar-refractivity contribution in [2.24, 2.45) is 0 Å². The lowest BCUT2D eigenvalue weighted by molar-refractivity contribution is -0.127. The standard InChI is InChI=1S/C21H24N2O2S/c1-15-8-7-10-18(16(15)2)22-21(25)17-9-3-4-11-19(17)26-14-20(24)23-12-5-6-13-23/h3-4,7-11H,5-6,12-14H2,1-2H3,(H,22,25). The second kappa shape index (κ2) is 8.41. The van der Waals surface area contributed by atoms with E-state index in [1.165, 1.54) is 11.8 Å². The summed E-state index contributed by atoms with van der Waals surface area (Å²) in [6.07, 6.45) is 2.18. The molecule has 1 heterocycles. The minimum Gasteiger partial charge on any atom is -0.342 e. The number of nitrogens with one attached hydrogen (secondary N) is 1. The molecule has 2 amide bonds. The Kier molecular flexibility index (Phi) is 5.99. The van der Waals surface area contributed by atoms with Crippen LogP contribution in [0.25, 0.3) is 0 Å². The number of likely N-dealkylation sites (tertiary alicyclic amines) is 1. The van der Waals surface area contributed by atoms with Gasteiger partial charge in [0.1, 0.15) is 0 Å². The van der Waals surface area contributed by atoms with Crippen LogP contribution in [-0.2, 0) is 4.79 Å². The molecular weight excluding hydrogens is 344 g/mol. The summed E-state index contributed by atoms with van der Waals surface area (Å²) < 4.78 is 0. The first-order chi connectivity index (χ1) is 12.6. The first-order valence-corrected chi connectivity index (χ1v) is 9.92. The highest BCUT2D eigenvalue weighted by molar-refractivity contribution is 8.00. The van der Waals surface area contributed by atoms with Gasteiger partial charge in [0.2, 0.25) is 5.91 Å². The van der Waals surface area contributed by atoms with Gasteiger partial charge < -0.3 is 10.2 Å². The van der Waals surface area contributed by atoms with Crippen molar-refractivity contribution in [3.63, 3.8) is 0 Å². The van der Waals surface area contributed by atoms with E-state index in [0.29, 0.717) is 11.3 Å². The van der Waals surface area contributed by atoms with Crippen molar-refractivity contribution in [2.45, 2.75) is 31.6 Å². The monoisotopic (exact) mass is 368 g/mol. The van der Waals surface area contributed by atoms with E-state index in [4.69, 9.17) is 0 Å². The maximum absolute atomic E-state index is 12.8. The molecule has 26 heavy (non-hydrogen) atoms. The van der Waals surface area contributed by atoms with E-state index in [9.17, 15) is 9.59 Å². The Morgan fingerprint density at radius 3 is 2.54 bits per heavy atom. The fourth-order valence-corrected chi connectivity index (χ4v) is 4.01. The van der Waals surface area contributed by atoms with E-state index in [-0.39, 0.29) is 11.8 Å². The molecule has 0 saturated carbocycles. The van der Waals surface area contributed by atoms with Crippen LogP contribution in [0.2, 0.25) is 0 Å². The molecule has 4 nitrogen and oxygen atoms in total. The van der Waals surface area contributed by atoms with Crippen LogP contribution in [-0.4, -0.2) is 35.6 Å². The van der Waals surface area contributed by atoms with Crippen molar-refractivity contribution in [1.82, 2.24) is 4.90 Å². The first kappa shape index (κ1) is 18.5. The normalized spacial score (nSPS) is 13.7. The molecule has 1 saturated heterocycles. The van der Waals surface area contributed by atoms with Gasteiger partial charge in [0.15, 0.2) is 0 Å². The maximum Gasteiger partial charge on any atom is 0.256 e. The number of hydrogen-bond acceptors (Lipinski definition) is 3. The van der Waals surface area contributed by atoms with Crippen LogP contribution in [0.3, 0.4) is 0 Å². The molecule has 2 aromatic rings. The second-order valence-electron chi connectivity index (χ2n) is 6.57. The summed E-state index contributed by atoms with van der Waals surface area (Å²) in [6.45, 7) is 5.74. The number of rotatable bonds is 5. The van der Waals surface area contributed by atoms with Gasteiger partial charge in [-0.1, -0.05) is 24.3 Å². The van der Waals surface area contributed by atoms with Crippen molar-refractivity contribution in [2.75, 3.05) is 24.2 Å². The van der Waals surface area contributed by atoms with E-state index in [0.717, 1.165) is 47.6 Å². The van der Waals surface area contributed by atoms with Gasteiger partial charge in [-0.15, -0.1) is 11.8 Å². The average Bonchev–Trinajstić information content (AvgIpc) is 3.18. The van der Waals surface area contributed by atoms with Crippen molar-refractivity contribution < 1.29 is 9.59 Å². The number of thioether (sulfide) groups is 1. The molecule has 0 radical (unpaired) electrons. The lowest BCUT2D eigenvalue weighted by Gasteiger charge is -2.16. The summed E-state index contributed by atoms with van der Waals surface area (Å²) >= 11 is 1.44. The van der Waals surface area contributed by atoms with Crippen LogP contribution in [0, 0.1) is 13.8 Å². The molecule has 1 aliphatic rings. The molecule has 5 heteroatoms. The zero-order chi connectivity index (χ0) is 18.5. The minimum atomic E-state index is -0.143. The minimum absolute atomic E-state index is 0.143. The zero-order valence-electron chi connectivity index (χ0n) is 15.2. The number of hydrogen-bond donors (Lipinski definition) is 1. The molecule has 0 aromatic heterocycles. The molecule has 0 unspecified atom stereocenters. The Morgan fingerprint density at radius 1 is 1.04 bits per heavy atom. The third-order valence-electron chi connectivity index (χ3n) is 4.79. The fourth-order valence-electron chi connectivity index (χ4n) is 3.05. The number of nitrogens with zero attached hydrogens (tertiary/aromatic N) is 1. The summed E-state index contributed by atoms with van der Waals surface area (Å²) in [5.41, 5.74) is 3.63. The van der Waals surface area contributed by atoms with Gasteiger partial charge >= 0.3 is 0 Å². The molecule has 0 aliphatic carbocycles. The Labute approximate surface area is 159 Å². The van der Waals surface area contributed by atoms with Crippen LogP contribution in [0.1, 0.15) is 34.3 Å². The molecule has 1 aliphatic heterocycles. The van der Waals surface area contributed by atoms with Crippen LogP contribution in [0.15, 0.2) is 47.4 Å². The molecule has 1 N–H and O–H groups in total. The topological polar surface area (TPSA) is 49.4 Å². The quantitative estimate of drug-likeness (QED) is 0.802. The summed E-state index contributed by atoms with van der Waals surface area (Å²) in [5, 5.41) is 3.00. The van der Waals surface area contributed by atoms with Gasteiger partial charge in [0.05, 0.1) is 11.3 Å². The van der Waals surface area contributed by atoms with Crippen LogP contribution < -0.4 is 5.32 Å². The number of benzene rings is 2. The summed E-state index contributed by atoms with van der Waals surface area (Å²) in [4.78, 5) is 27.8. The Hall–Kier alpha value is -2.27. The van der Waals surface area contributed by atoms with E-state index in [1.54, 1.807) is 0 Å². The molecular formula is C21H24N2O2S. The molecule has 1 fully saturated rings. The fraction of sp³-hybridized carbons (Fsp3) is 0.333. The van der Waals surface area contributed by atoms with Gasteiger partial charge in [-0.2, -0.15) is 0 Å². The van der Waals surface area contributed by atoms with E-state index in [1.807, 2.05) is 61.2 Å². The second-order valence-corrected chi connectivity index (χ2v) is 7.59. The highest BCUT2D eigenvalue weighted by atomic mass is 32.2. The Balaban J connectivity index is 1.70. The lowest BCUT2D eigenvalue weighted by atomic mass is 10.1. The maximum atomic E-state index is 12.8. The van der Waals surface area contributed by atoms with Crippen molar-refractivity contribution in [3.05, 3.63) is 59.2 Å². The van der Waals surface area contributed by atoms with Gasteiger partial charge in [-0.05, 0) is 56.0 Å². The summed E-state index contributed by atoms with van der Waals surface area (Å²) in [7, 11) is 0. The SMILES string of the molecule is Cc1cccc(NC(=O)c2ccccc2SCC(=O)N2CCCC2)c1C. The van der Waals surface area contributed by atoms with E-state index >= 15 is 0 Å². The summed E-state index contributed by atoms with van der Waals surface area (Å²) in [5.74, 6) is 0.376. The summed E-state index contributed by atoms with van der Waals surface area (Å²) in [6, 6.07) is 13.3. The Bertz CT molecular complexity index is 813. The van der Waals surface area contributed by atoms with Crippen molar-refractivity contribution in [3.8, 4) is 0 Å².